The van der Waals surface area contributed by atoms with Gasteiger partial charge in [-0.3, -0.25) is 4.79 Å². The van der Waals surface area contributed by atoms with Crippen LogP contribution in [0.3, 0.4) is 0 Å². The summed E-state index contributed by atoms with van der Waals surface area (Å²) >= 11 is 3.18. The highest BCUT2D eigenvalue weighted by molar-refractivity contribution is 7.20. The molecule has 3 aromatic rings. The van der Waals surface area contributed by atoms with Crippen molar-refractivity contribution in [1.29, 1.82) is 0 Å². The fourth-order valence-corrected chi connectivity index (χ4v) is 3.80. The summed E-state index contributed by atoms with van der Waals surface area (Å²) in [5.41, 5.74) is 1.37. The second-order valence-electron chi connectivity index (χ2n) is 4.91. The highest BCUT2D eigenvalue weighted by Crippen LogP contribution is 2.30. The molecule has 1 amide bonds. The number of nitrogens with zero attached hydrogens (tertiary/aromatic N) is 1. The molecule has 2 aromatic heterocycles. The van der Waals surface area contributed by atoms with Crippen LogP contribution >= 0.6 is 22.7 Å². The van der Waals surface area contributed by atoms with Gasteiger partial charge in [-0.15, -0.1) is 22.7 Å². The molecule has 1 N–H and O–H groups in total. The second kappa shape index (κ2) is 7.46. The maximum absolute atomic E-state index is 12.3. The van der Waals surface area contributed by atoms with E-state index in [-0.39, 0.29) is 12.3 Å². The van der Waals surface area contributed by atoms with Crippen LogP contribution in [0.1, 0.15) is 5.69 Å². The normalized spacial score (nSPS) is 10.4. The van der Waals surface area contributed by atoms with Crippen molar-refractivity contribution >= 4 is 34.3 Å². The van der Waals surface area contributed by atoms with Crippen molar-refractivity contribution in [3.63, 3.8) is 0 Å². The summed E-state index contributed by atoms with van der Waals surface area (Å²) in [6.07, 6.45) is 0.219. The van der Waals surface area contributed by atoms with Crippen molar-refractivity contribution in [2.45, 2.75) is 6.42 Å². The maximum atomic E-state index is 12.3. The number of hydrogen-bond donors (Lipinski definition) is 1. The van der Waals surface area contributed by atoms with E-state index in [1.807, 2.05) is 22.9 Å². The molecule has 0 atom stereocenters. The lowest BCUT2D eigenvalue weighted by Gasteiger charge is -2.11. The second-order valence-corrected chi connectivity index (χ2v) is 6.72. The van der Waals surface area contributed by atoms with Gasteiger partial charge in [-0.05, 0) is 23.6 Å². The van der Waals surface area contributed by atoms with E-state index in [2.05, 4.69) is 10.3 Å². The summed E-state index contributed by atoms with van der Waals surface area (Å²) in [6.45, 7) is 0. The Morgan fingerprint density at radius 2 is 2.08 bits per heavy atom. The molecular formula is C17H16N2O3S2. The number of ether oxygens (including phenoxy) is 2. The van der Waals surface area contributed by atoms with Crippen molar-refractivity contribution in [1.82, 2.24) is 4.98 Å². The van der Waals surface area contributed by atoms with Gasteiger partial charge in [-0.2, -0.15) is 0 Å². The van der Waals surface area contributed by atoms with Crippen LogP contribution in [0.15, 0.2) is 41.1 Å². The van der Waals surface area contributed by atoms with Gasteiger partial charge in [0.05, 0.1) is 36.9 Å². The summed E-state index contributed by atoms with van der Waals surface area (Å²) in [5.74, 6) is 1.09. The first-order chi connectivity index (χ1) is 11.7. The molecule has 0 aliphatic heterocycles. The van der Waals surface area contributed by atoms with Crippen LogP contribution in [-0.2, 0) is 11.2 Å². The molecule has 0 fully saturated rings. The number of carbonyl (C=O) groups excluding carboxylic acids is 1. The molecule has 124 valence electrons. The van der Waals surface area contributed by atoms with Crippen LogP contribution in [0.2, 0.25) is 0 Å². The molecule has 1 aromatic carbocycles. The Morgan fingerprint density at radius 1 is 1.21 bits per heavy atom. The van der Waals surface area contributed by atoms with E-state index in [1.165, 1.54) is 0 Å². The van der Waals surface area contributed by atoms with E-state index in [9.17, 15) is 4.79 Å². The molecule has 0 radical (unpaired) electrons. The lowest BCUT2D eigenvalue weighted by Crippen LogP contribution is -2.15. The van der Waals surface area contributed by atoms with Gasteiger partial charge < -0.3 is 14.8 Å². The fraction of sp³-hybridized carbons (Fsp3) is 0.176. The van der Waals surface area contributed by atoms with Gasteiger partial charge in [-0.1, -0.05) is 6.07 Å². The molecule has 0 aliphatic rings. The third-order valence-corrected chi connectivity index (χ3v) is 5.24. The number of aromatic nitrogens is 1. The quantitative estimate of drug-likeness (QED) is 0.720. The van der Waals surface area contributed by atoms with E-state index in [0.29, 0.717) is 17.2 Å². The number of methoxy groups -OCH3 is 2. The maximum Gasteiger partial charge on any atom is 0.230 e. The minimum Gasteiger partial charge on any atom is -0.497 e. The molecule has 0 saturated carbocycles. The van der Waals surface area contributed by atoms with Crippen LogP contribution in [0.4, 0.5) is 5.69 Å². The molecular weight excluding hydrogens is 344 g/mol. The van der Waals surface area contributed by atoms with Crippen LogP contribution in [0, 0.1) is 0 Å². The Bertz CT molecular complexity index is 828. The third kappa shape index (κ3) is 3.74. The topological polar surface area (TPSA) is 60.5 Å². The number of thiazole rings is 1. The minimum absolute atomic E-state index is 0.138. The number of rotatable bonds is 6. The molecule has 0 spiro atoms. The van der Waals surface area contributed by atoms with Crippen LogP contribution in [-0.4, -0.2) is 25.1 Å². The first-order valence-corrected chi connectivity index (χ1v) is 8.95. The summed E-state index contributed by atoms with van der Waals surface area (Å²) in [6, 6.07) is 9.27. The van der Waals surface area contributed by atoms with Crippen molar-refractivity contribution in [2.75, 3.05) is 19.5 Å². The van der Waals surface area contributed by atoms with Crippen LogP contribution in [0.5, 0.6) is 11.5 Å². The molecule has 0 bridgehead atoms. The molecule has 0 saturated heterocycles. The van der Waals surface area contributed by atoms with Gasteiger partial charge in [0.1, 0.15) is 16.5 Å². The van der Waals surface area contributed by atoms with E-state index in [1.54, 1.807) is 55.1 Å². The average Bonchev–Trinajstić information content (AvgIpc) is 3.26. The molecule has 3 rings (SSSR count). The lowest BCUT2D eigenvalue weighted by atomic mass is 10.2. The molecule has 2 heterocycles. The first kappa shape index (κ1) is 16.5. The van der Waals surface area contributed by atoms with Gasteiger partial charge in [0.2, 0.25) is 5.91 Å². The fourth-order valence-electron chi connectivity index (χ4n) is 2.16. The van der Waals surface area contributed by atoms with Gasteiger partial charge in [-0.25, -0.2) is 4.98 Å². The van der Waals surface area contributed by atoms with Gasteiger partial charge in [0.25, 0.3) is 0 Å². The molecule has 7 heteroatoms. The van der Waals surface area contributed by atoms with Crippen molar-refractivity contribution in [3.8, 4) is 21.4 Å². The van der Waals surface area contributed by atoms with E-state index in [0.717, 1.165) is 15.6 Å². The number of carbonyl (C=O) groups is 1. The lowest BCUT2D eigenvalue weighted by molar-refractivity contribution is -0.115. The summed E-state index contributed by atoms with van der Waals surface area (Å²) < 4.78 is 10.4. The van der Waals surface area contributed by atoms with Gasteiger partial charge >= 0.3 is 0 Å². The highest BCUT2D eigenvalue weighted by Gasteiger charge is 2.12. The summed E-state index contributed by atoms with van der Waals surface area (Å²) in [4.78, 5) is 17.9. The smallest absolute Gasteiger partial charge is 0.230 e. The zero-order chi connectivity index (χ0) is 16.9. The summed E-state index contributed by atoms with van der Waals surface area (Å²) in [5, 5.41) is 7.72. The van der Waals surface area contributed by atoms with E-state index < -0.39 is 0 Å². The third-order valence-electron chi connectivity index (χ3n) is 3.31. The Balaban J connectivity index is 1.68. The Labute approximate surface area is 147 Å². The first-order valence-electron chi connectivity index (χ1n) is 7.19. The summed E-state index contributed by atoms with van der Waals surface area (Å²) in [7, 11) is 3.14. The van der Waals surface area contributed by atoms with Crippen LogP contribution in [0.25, 0.3) is 9.88 Å². The van der Waals surface area contributed by atoms with Crippen molar-refractivity contribution in [3.05, 3.63) is 46.8 Å². The number of nitrogens with one attached hydrogen (secondary N) is 1. The Hall–Kier alpha value is -2.38. The zero-order valence-electron chi connectivity index (χ0n) is 13.2. The van der Waals surface area contributed by atoms with E-state index in [4.69, 9.17) is 9.47 Å². The number of anilines is 1. The van der Waals surface area contributed by atoms with Gasteiger partial charge in [0.15, 0.2) is 0 Å². The molecule has 24 heavy (non-hydrogen) atoms. The number of thiophene rings is 1. The average molecular weight is 360 g/mol. The van der Waals surface area contributed by atoms with E-state index >= 15 is 0 Å². The number of hydrogen-bond acceptors (Lipinski definition) is 6. The highest BCUT2D eigenvalue weighted by atomic mass is 32.1. The molecule has 5 nitrogen and oxygen atoms in total. The van der Waals surface area contributed by atoms with Crippen molar-refractivity contribution < 1.29 is 14.3 Å². The SMILES string of the molecule is COc1ccc(NC(=O)Cc2csc(-c3cccs3)n2)c(OC)c1. The van der Waals surface area contributed by atoms with Crippen molar-refractivity contribution in [2.24, 2.45) is 0 Å². The van der Waals surface area contributed by atoms with Crippen LogP contribution < -0.4 is 14.8 Å². The predicted octanol–water partition coefficient (Wildman–Crippen LogP) is 4.07. The largest absolute Gasteiger partial charge is 0.497 e. The minimum atomic E-state index is -0.138. The van der Waals surface area contributed by atoms with Gasteiger partial charge in [0, 0.05) is 11.4 Å². The predicted molar refractivity (Wildman–Crippen MR) is 97.3 cm³/mol. The zero-order valence-corrected chi connectivity index (χ0v) is 14.9. The Kier molecular flexibility index (Phi) is 5.12. The Morgan fingerprint density at radius 3 is 2.79 bits per heavy atom. The number of amides is 1. The standard InChI is InChI=1S/C17H16N2O3S2/c1-21-12-5-6-13(14(9-12)22-2)19-16(20)8-11-10-24-17(18-11)15-4-3-7-23-15/h3-7,9-10H,8H2,1-2H3,(H,19,20). The molecule has 0 unspecified atom stereocenters. The monoisotopic (exact) mass is 360 g/mol. The number of benzene rings is 1. The molecule has 0 aliphatic carbocycles.